The van der Waals surface area contributed by atoms with Crippen LogP contribution >= 0.6 is 0 Å². The molecule has 2 N–H and O–H groups in total. The van der Waals surface area contributed by atoms with E-state index in [1.54, 1.807) is 0 Å². The number of aryl methyl sites for hydroxylation is 2. The Morgan fingerprint density at radius 3 is 0.866 bits per heavy atom. The Balaban J connectivity index is 1.09. The summed E-state index contributed by atoms with van der Waals surface area (Å²) in [5, 5.41) is 25.6. The molecule has 0 amide bonds. The van der Waals surface area contributed by atoms with Gasteiger partial charge in [0.1, 0.15) is 36.2 Å². The molecule has 0 atom stereocenters. The second kappa shape index (κ2) is 24.2. The molecule has 0 saturated heterocycles. The summed E-state index contributed by atoms with van der Waals surface area (Å²) in [5.74, 6) is 1.97. The summed E-state index contributed by atoms with van der Waals surface area (Å²) in [4.78, 5) is 18.4. The van der Waals surface area contributed by atoms with Gasteiger partial charge in [-0.05, 0) is 149 Å². The van der Waals surface area contributed by atoms with E-state index in [0.29, 0.717) is 52.1 Å². The largest absolute Gasteiger partial charge is 0.507 e. The molecule has 0 saturated carbocycles. The molecule has 0 radical (unpaired) electrons. The number of phenols is 2. The first-order chi connectivity index (χ1) is 38.8. The van der Waals surface area contributed by atoms with Crippen molar-refractivity contribution in [3.63, 3.8) is 0 Å². The van der Waals surface area contributed by atoms with Gasteiger partial charge in [-0.1, -0.05) is 156 Å². The van der Waals surface area contributed by atoms with Crippen LogP contribution in [0.1, 0.15) is 172 Å². The Morgan fingerprint density at radius 1 is 0.354 bits per heavy atom. The van der Waals surface area contributed by atoms with Crippen molar-refractivity contribution in [2.45, 2.75) is 157 Å². The normalized spacial score (nSPS) is 13.0. The number of rotatable bonds is 14. The highest BCUT2D eigenvalue weighted by molar-refractivity contribution is 5.60. The van der Waals surface area contributed by atoms with Gasteiger partial charge in [-0.3, -0.25) is 19.9 Å². The van der Waals surface area contributed by atoms with Gasteiger partial charge in [0.25, 0.3) is 0 Å². The quantitative estimate of drug-likeness (QED) is 0.102. The van der Waals surface area contributed by atoms with Gasteiger partial charge in [-0.15, -0.1) is 0 Å². The molecule has 428 valence electrons. The van der Waals surface area contributed by atoms with Crippen molar-refractivity contribution in [2.24, 2.45) is 0 Å². The molecule has 82 heavy (non-hydrogen) atoms. The molecular formula is C72H84N4O6. The number of aromatic hydroxyl groups is 2. The summed E-state index contributed by atoms with van der Waals surface area (Å²) in [7, 11) is 0. The van der Waals surface area contributed by atoms with Crippen LogP contribution in [0.25, 0.3) is 22.8 Å². The number of fused-ring (bicyclic) bond motifs is 8. The van der Waals surface area contributed by atoms with Gasteiger partial charge in [0.15, 0.2) is 0 Å². The van der Waals surface area contributed by atoms with Gasteiger partial charge in [0.2, 0.25) is 0 Å². The average Bonchev–Trinajstić information content (AvgIpc) is 3.61. The standard InChI is InChI=1S/C72H84N4O6/c1-45-15-19-61(73-39-45)63-21-17-47(41-75-63)43-79-23-25-81-67-53-27-49-31-57(69(3,4)5)33-51(65(49)77)29-55-37-60(72(12,13)14)38-56(68(55)82-26-24-80-44-48-18-22-64(76-42-48)62-20-16-46(2)40-74-62)30-52-34-58(70(6,7)8)32-50(66(52)78)28-54(67)36-59(35-53)71(9,10)11/h15-22,31-42,77-78H,23-30,43-44H2,1-14H3. The summed E-state index contributed by atoms with van der Waals surface area (Å²) < 4.78 is 26.5. The van der Waals surface area contributed by atoms with E-state index in [-0.39, 0.29) is 46.4 Å². The number of hydrogen-bond donors (Lipinski definition) is 2. The lowest BCUT2D eigenvalue weighted by molar-refractivity contribution is 0.0882. The molecule has 0 unspecified atom stereocenters. The fourth-order valence-corrected chi connectivity index (χ4v) is 10.4. The van der Waals surface area contributed by atoms with Crippen LogP contribution in [0.5, 0.6) is 23.0 Å². The molecule has 9 rings (SSSR count). The lowest BCUT2D eigenvalue weighted by Crippen LogP contribution is -2.17. The highest BCUT2D eigenvalue weighted by atomic mass is 16.5. The second-order valence-electron chi connectivity index (χ2n) is 26.6. The smallest absolute Gasteiger partial charge is 0.126 e. The molecule has 4 aromatic carbocycles. The Kier molecular flexibility index (Phi) is 17.5. The number of benzene rings is 4. The number of phenolic OH excluding ortho intramolecular Hbond substituents is 2. The molecule has 10 heteroatoms. The van der Waals surface area contributed by atoms with Crippen LogP contribution in [-0.2, 0) is 70.0 Å². The molecule has 8 bridgehead atoms. The highest BCUT2D eigenvalue weighted by Crippen LogP contribution is 2.44. The minimum atomic E-state index is -0.242. The van der Waals surface area contributed by atoms with Gasteiger partial charge < -0.3 is 29.2 Å². The lowest BCUT2D eigenvalue weighted by Gasteiger charge is -2.28. The third kappa shape index (κ3) is 14.4. The van der Waals surface area contributed by atoms with Crippen LogP contribution in [0.2, 0.25) is 0 Å². The van der Waals surface area contributed by atoms with E-state index in [9.17, 15) is 10.2 Å². The number of ether oxygens (including phenoxy) is 4. The van der Waals surface area contributed by atoms with Gasteiger partial charge in [0.05, 0.1) is 49.2 Å². The lowest BCUT2D eigenvalue weighted by atomic mass is 9.79. The van der Waals surface area contributed by atoms with Gasteiger partial charge in [0, 0.05) is 50.5 Å². The van der Waals surface area contributed by atoms with Crippen LogP contribution in [0.15, 0.2) is 122 Å². The Labute approximate surface area is 487 Å². The molecule has 4 aromatic heterocycles. The predicted octanol–water partition coefficient (Wildman–Crippen LogP) is 15.7. The zero-order valence-electron chi connectivity index (χ0n) is 50.9. The third-order valence-electron chi connectivity index (χ3n) is 15.5. The molecule has 0 aliphatic heterocycles. The van der Waals surface area contributed by atoms with E-state index in [4.69, 9.17) is 18.9 Å². The van der Waals surface area contributed by atoms with Crippen LogP contribution in [-0.4, -0.2) is 56.6 Å². The van der Waals surface area contributed by atoms with E-state index in [0.717, 1.165) is 123 Å². The van der Waals surface area contributed by atoms with Crippen molar-refractivity contribution < 1.29 is 29.2 Å². The van der Waals surface area contributed by atoms with Crippen molar-refractivity contribution in [3.05, 3.63) is 211 Å². The molecule has 4 heterocycles. The van der Waals surface area contributed by atoms with E-state index < -0.39 is 0 Å². The van der Waals surface area contributed by atoms with Crippen molar-refractivity contribution in [1.82, 2.24) is 19.9 Å². The molecule has 0 spiro atoms. The number of aromatic nitrogens is 4. The topological polar surface area (TPSA) is 129 Å². The first kappa shape index (κ1) is 59.2. The van der Waals surface area contributed by atoms with E-state index in [2.05, 4.69) is 152 Å². The number of nitrogens with zero attached hydrogens (tertiary/aromatic N) is 4. The summed E-state index contributed by atoms with van der Waals surface area (Å²) in [6.45, 7) is 32.7. The summed E-state index contributed by atoms with van der Waals surface area (Å²) in [6.07, 6.45) is 8.99. The monoisotopic (exact) mass is 1100 g/mol. The highest BCUT2D eigenvalue weighted by Gasteiger charge is 2.29. The van der Waals surface area contributed by atoms with Crippen LogP contribution in [0.3, 0.4) is 0 Å². The maximum absolute atomic E-state index is 12.8. The average molecular weight is 1100 g/mol. The Bertz CT molecular complexity index is 3190. The molecular weight excluding hydrogens is 1020 g/mol. The predicted molar refractivity (Wildman–Crippen MR) is 330 cm³/mol. The SMILES string of the molecule is Cc1ccc(-c2ccc(COCCOc3c4cc(C(C)(C)C)cc3Cc3cc(C(C)(C)C)cc(c3O)Cc3cc(C(C)(C)C)cc(c3OCCOCc3ccc(-c5ccc(C)cn5)nc3)Cc3cc(C(C)(C)C)cc(c3O)C4)cn2)nc1. The maximum atomic E-state index is 12.8. The first-order valence-corrected chi connectivity index (χ1v) is 29.0. The molecule has 0 fully saturated rings. The van der Waals surface area contributed by atoms with E-state index in [1.165, 1.54) is 0 Å². The fraction of sp³-hybridized carbons (Fsp3) is 0.389. The van der Waals surface area contributed by atoms with Crippen LogP contribution in [0.4, 0.5) is 0 Å². The number of hydrogen-bond acceptors (Lipinski definition) is 10. The molecule has 1 aliphatic rings. The maximum Gasteiger partial charge on any atom is 0.126 e. The minimum absolute atomic E-state index is 0.233. The number of pyridine rings is 4. The zero-order valence-corrected chi connectivity index (χ0v) is 50.9. The van der Waals surface area contributed by atoms with Crippen molar-refractivity contribution in [3.8, 4) is 45.8 Å². The second-order valence-corrected chi connectivity index (χ2v) is 26.6. The van der Waals surface area contributed by atoms with E-state index in [1.807, 2.05) is 87.2 Å². The molecule has 10 nitrogen and oxygen atoms in total. The molecule has 8 aromatic rings. The Morgan fingerprint density at radius 2 is 0.622 bits per heavy atom. The zero-order chi connectivity index (χ0) is 58.7. The van der Waals surface area contributed by atoms with Crippen LogP contribution < -0.4 is 9.47 Å². The first-order valence-electron chi connectivity index (χ1n) is 29.0. The van der Waals surface area contributed by atoms with Crippen molar-refractivity contribution in [1.29, 1.82) is 0 Å². The van der Waals surface area contributed by atoms with Gasteiger partial charge >= 0.3 is 0 Å². The Hall–Kier alpha value is -7.40. The van der Waals surface area contributed by atoms with Crippen molar-refractivity contribution in [2.75, 3.05) is 26.4 Å². The summed E-state index contributed by atoms with van der Waals surface area (Å²) in [5.41, 5.74) is 18.0. The van der Waals surface area contributed by atoms with Gasteiger partial charge in [-0.2, -0.15) is 0 Å². The van der Waals surface area contributed by atoms with Gasteiger partial charge in [-0.25, -0.2) is 0 Å². The summed E-state index contributed by atoms with van der Waals surface area (Å²) in [6, 6.07) is 33.8. The minimum Gasteiger partial charge on any atom is -0.507 e. The summed E-state index contributed by atoms with van der Waals surface area (Å²) >= 11 is 0. The van der Waals surface area contributed by atoms with E-state index >= 15 is 0 Å². The third-order valence-corrected chi connectivity index (χ3v) is 15.5. The molecule has 1 aliphatic carbocycles. The van der Waals surface area contributed by atoms with Crippen molar-refractivity contribution >= 4 is 0 Å². The fourth-order valence-electron chi connectivity index (χ4n) is 10.4. The van der Waals surface area contributed by atoms with Crippen LogP contribution in [0, 0.1) is 13.8 Å².